The van der Waals surface area contributed by atoms with Gasteiger partial charge in [-0.05, 0) is 37.5 Å². The summed E-state index contributed by atoms with van der Waals surface area (Å²) in [5.74, 6) is -3.06. The van der Waals surface area contributed by atoms with Crippen molar-refractivity contribution in [2.75, 3.05) is 0 Å². The molecule has 1 aliphatic carbocycles. The average Bonchev–Trinajstić information content (AvgIpc) is 2.71. The molecule has 0 aromatic rings. The summed E-state index contributed by atoms with van der Waals surface area (Å²) < 4.78 is 0. The van der Waals surface area contributed by atoms with Crippen LogP contribution in [0.1, 0.15) is 44.9 Å². The molecular formula is C13H16NO6-. The first-order valence-electron chi connectivity index (χ1n) is 6.75. The van der Waals surface area contributed by atoms with Gasteiger partial charge in [-0.1, -0.05) is 0 Å². The van der Waals surface area contributed by atoms with E-state index in [-0.39, 0.29) is 25.2 Å². The third-order valence-corrected chi connectivity index (χ3v) is 3.83. The van der Waals surface area contributed by atoms with Crippen LogP contribution in [0.25, 0.3) is 0 Å². The second kappa shape index (κ2) is 6.02. The molecule has 0 unspecified atom stereocenters. The fourth-order valence-corrected chi connectivity index (χ4v) is 2.63. The first-order valence-corrected chi connectivity index (χ1v) is 6.75. The Labute approximate surface area is 115 Å². The maximum atomic E-state index is 11.7. The van der Waals surface area contributed by atoms with Gasteiger partial charge in [0.1, 0.15) is 0 Å². The zero-order valence-corrected chi connectivity index (χ0v) is 11.0. The largest absolute Gasteiger partial charge is 0.550 e. The van der Waals surface area contributed by atoms with Crippen molar-refractivity contribution in [2.24, 2.45) is 11.8 Å². The molecule has 110 valence electrons. The lowest BCUT2D eigenvalue weighted by Crippen LogP contribution is -2.35. The van der Waals surface area contributed by atoms with Gasteiger partial charge in [0.15, 0.2) is 0 Å². The van der Waals surface area contributed by atoms with Gasteiger partial charge in [0.2, 0.25) is 0 Å². The van der Waals surface area contributed by atoms with E-state index in [1.807, 2.05) is 0 Å². The molecule has 0 atom stereocenters. The number of hydrogen-bond donors (Lipinski definition) is 0. The molecule has 2 aliphatic rings. The molecule has 0 aromatic heterocycles. The van der Waals surface area contributed by atoms with E-state index < -0.39 is 29.7 Å². The molecule has 0 radical (unpaired) electrons. The number of aliphatic carboxylic acids is 1. The zero-order valence-electron chi connectivity index (χ0n) is 11.0. The maximum absolute atomic E-state index is 11.7. The Kier molecular flexibility index (Phi) is 4.36. The van der Waals surface area contributed by atoms with Crippen molar-refractivity contribution in [3.63, 3.8) is 0 Å². The number of amides is 2. The molecule has 7 heteroatoms. The normalized spacial score (nSPS) is 26.7. The van der Waals surface area contributed by atoms with E-state index in [9.17, 15) is 24.3 Å². The third kappa shape index (κ3) is 3.34. The van der Waals surface area contributed by atoms with Gasteiger partial charge in [-0.25, -0.2) is 4.79 Å². The molecule has 2 fully saturated rings. The van der Waals surface area contributed by atoms with Gasteiger partial charge < -0.3 is 14.7 Å². The summed E-state index contributed by atoms with van der Waals surface area (Å²) in [6.07, 6.45) is 2.43. The predicted molar refractivity (Wildman–Crippen MR) is 62.3 cm³/mol. The number of carboxylic acid groups (broad SMARTS) is 1. The molecule has 0 aromatic carbocycles. The number of carboxylic acids is 1. The number of hydrogen-bond acceptors (Lipinski definition) is 6. The van der Waals surface area contributed by atoms with Crippen LogP contribution in [0.3, 0.4) is 0 Å². The van der Waals surface area contributed by atoms with Gasteiger partial charge in [0, 0.05) is 18.8 Å². The monoisotopic (exact) mass is 282 g/mol. The second-order valence-corrected chi connectivity index (χ2v) is 5.29. The average molecular weight is 282 g/mol. The molecule has 0 bridgehead atoms. The molecule has 7 nitrogen and oxygen atoms in total. The van der Waals surface area contributed by atoms with Gasteiger partial charge in [0.05, 0.1) is 6.42 Å². The Balaban J connectivity index is 1.77. The highest BCUT2D eigenvalue weighted by molar-refractivity contribution is 6.01. The number of rotatable bonds is 4. The summed E-state index contributed by atoms with van der Waals surface area (Å²) in [6.45, 7) is 0. The van der Waals surface area contributed by atoms with E-state index in [1.165, 1.54) is 0 Å². The lowest BCUT2D eigenvalue weighted by Gasteiger charge is -2.28. The topological polar surface area (TPSA) is 104 Å². The number of carbonyl (C=O) groups excluding carboxylic acids is 4. The van der Waals surface area contributed by atoms with Crippen LogP contribution in [-0.2, 0) is 24.0 Å². The van der Waals surface area contributed by atoms with Gasteiger partial charge >= 0.3 is 5.97 Å². The molecule has 0 spiro atoms. The second-order valence-electron chi connectivity index (χ2n) is 5.29. The van der Waals surface area contributed by atoms with Crippen molar-refractivity contribution in [3.8, 4) is 0 Å². The SMILES string of the molecule is O=C(CC1CCC(C(=O)[O-])CC1)ON1C(=O)CCC1=O. The van der Waals surface area contributed by atoms with Crippen LogP contribution in [0, 0.1) is 11.8 Å². The number of imide groups is 1. The fraction of sp³-hybridized carbons (Fsp3) is 0.692. The Bertz CT molecular complexity index is 422. The molecular weight excluding hydrogens is 266 g/mol. The summed E-state index contributed by atoms with van der Waals surface area (Å²) >= 11 is 0. The van der Waals surface area contributed by atoms with Gasteiger partial charge in [-0.15, -0.1) is 5.06 Å². The van der Waals surface area contributed by atoms with Crippen LogP contribution in [-0.4, -0.2) is 28.8 Å². The van der Waals surface area contributed by atoms with E-state index in [2.05, 4.69) is 0 Å². The Morgan fingerprint density at radius 2 is 1.65 bits per heavy atom. The molecule has 20 heavy (non-hydrogen) atoms. The van der Waals surface area contributed by atoms with E-state index in [0.29, 0.717) is 30.7 Å². The van der Waals surface area contributed by atoms with Gasteiger partial charge in [-0.3, -0.25) is 9.59 Å². The van der Waals surface area contributed by atoms with Crippen LogP contribution in [0.2, 0.25) is 0 Å². The van der Waals surface area contributed by atoms with Crippen LogP contribution < -0.4 is 5.11 Å². The number of hydroxylamine groups is 2. The van der Waals surface area contributed by atoms with Crippen LogP contribution in [0.5, 0.6) is 0 Å². The van der Waals surface area contributed by atoms with Crippen molar-refractivity contribution in [2.45, 2.75) is 44.9 Å². The minimum absolute atomic E-state index is 0.0332. The number of carbonyl (C=O) groups is 4. The smallest absolute Gasteiger partial charge is 0.333 e. The van der Waals surface area contributed by atoms with Crippen molar-refractivity contribution >= 4 is 23.8 Å². The van der Waals surface area contributed by atoms with Crippen LogP contribution in [0.4, 0.5) is 0 Å². The highest BCUT2D eigenvalue weighted by atomic mass is 16.7. The molecule has 1 saturated heterocycles. The molecule has 2 rings (SSSR count). The molecule has 1 heterocycles. The molecule has 1 saturated carbocycles. The minimum atomic E-state index is -1.04. The van der Waals surface area contributed by atoms with E-state index >= 15 is 0 Å². The summed E-state index contributed by atoms with van der Waals surface area (Å²) in [5.41, 5.74) is 0. The number of nitrogens with zero attached hydrogens (tertiary/aromatic N) is 1. The van der Waals surface area contributed by atoms with Gasteiger partial charge in [0.25, 0.3) is 11.8 Å². The highest BCUT2D eigenvalue weighted by Crippen LogP contribution is 2.31. The quantitative estimate of drug-likeness (QED) is 0.646. The third-order valence-electron chi connectivity index (χ3n) is 3.83. The summed E-state index contributed by atoms with van der Waals surface area (Å²) in [6, 6.07) is 0. The predicted octanol–water partition coefficient (Wildman–Crippen LogP) is -0.460. The fourth-order valence-electron chi connectivity index (χ4n) is 2.63. The maximum Gasteiger partial charge on any atom is 0.333 e. The van der Waals surface area contributed by atoms with Crippen molar-refractivity contribution in [1.82, 2.24) is 5.06 Å². The Hall–Kier alpha value is -1.92. The van der Waals surface area contributed by atoms with Crippen molar-refractivity contribution in [3.05, 3.63) is 0 Å². The highest BCUT2D eigenvalue weighted by Gasteiger charge is 2.33. The Morgan fingerprint density at radius 3 is 2.15 bits per heavy atom. The summed E-state index contributed by atoms with van der Waals surface area (Å²) in [7, 11) is 0. The lowest BCUT2D eigenvalue weighted by molar-refractivity contribution is -0.312. The van der Waals surface area contributed by atoms with Crippen molar-refractivity contribution in [1.29, 1.82) is 0 Å². The standard InChI is InChI=1S/C13H17NO6/c15-10-5-6-11(16)14(10)20-12(17)7-8-1-3-9(4-2-8)13(18)19/h8-9H,1-7H2,(H,18,19)/p-1. The van der Waals surface area contributed by atoms with Crippen molar-refractivity contribution < 1.29 is 29.1 Å². The van der Waals surface area contributed by atoms with Gasteiger partial charge in [-0.2, -0.15) is 0 Å². The molecule has 1 aliphatic heterocycles. The molecule has 0 N–H and O–H groups in total. The first-order chi connectivity index (χ1) is 9.47. The summed E-state index contributed by atoms with van der Waals surface area (Å²) in [4.78, 5) is 49.7. The summed E-state index contributed by atoms with van der Waals surface area (Å²) in [5, 5.41) is 11.2. The Morgan fingerprint density at radius 1 is 1.10 bits per heavy atom. The van der Waals surface area contributed by atoms with Crippen LogP contribution in [0.15, 0.2) is 0 Å². The zero-order chi connectivity index (χ0) is 14.7. The van der Waals surface area contributed by atoms with E-state index in [4.69, 9.17) is 4.84 Å². The lowest BCUT2D eigenvalue weighted by atomic mass is 9.80. The van der Waals surface area contributed by atoms with Crippen LogP contribution >= 0.6 is 0 Å². The molecule has 2 amide bonds. The minimum Gasteiger partial charge on any atom is -0.550 e. The van der Waals surface area contributed by atoms with E-state index in [1.54, 1.807) is 0 Å². The first kappa shape index (κ1) is 14.5. The van der Waals surface area contributed by atoms with E-state index in [0.717, 1.165) is 0 Å².